The second-order valence-electron chi connectivity index (χ2n) is 2.61. The lowest BCUT2D eigenvalue weighted by Crippen LogP contribution is -2.33. The minimum atomic E-state index is -1.17. The fourth-order valence-corrected chi connectivity index (χ4v) is 0.689. The van der Waals surface area contributed by atoms with Gasteiger partial charge in [-0.05, 0) is 6.92 Å². The molecular formula is C6H9N5O3. The number of nitrogens with one attached hydrogen (secondary N) is 2. The minimum Gasteiger partial charge on any atom is -0.481 e. The Kier molecular flexibility index (Phi) is 3.10. The number of amides is 1. The lowest BCUT2D eigenvalue weighted by Gasteiger charge is -2.05. The van der Waals surface area contributed by atoms with Gasteiger partial charge in [-0.25, -0.2) is 0 Å². The highest BCUT2D eigenvalue weighted by atomic mass is 16.4. The van der Waals surface area contributed by atoms with Gasteiger partial charge in [0.05, 0.1) is 6.54 Å². The van der Waals surface area contributed by atoms with Crippen LogP contribution in [0.1, 0.15) is 12.7 Å². The highest BCUT2D eigenvalue weighted by molar-refractivity contribution is 5.96. The van der Waals surface area contributed by atoms with Crippen LogP contribution in [-0.4, -0.2) is 37.6 Å². The molecule has 3 N–H and O–H groups in total. The molecule has 1 rings (SSSR count). The van der Waals surface area contributed by atoms with Crippen molar-refractivity contribution in [3.05, 3.63) is 5.82 Å². The van der Waals surface area contributed by atoms with E-state index >= 15 is 0 Å². The summed E-state index contributed by atoms with van der Waals surface area (Å²) in [5, 5.41) is 23.5. The maximum atomic E-state index is 11.1. The SMILES string of the molecule is CC(C(=O)O)C(=O)NCc1nn[nH]n1. The molecule has 1 aromatic heterocycles. The molecule has 0 spiro atoms. The number of aliphatic carboxylic acids is 1. The van der Waals surface area contributed by atoms with Crippen LogP contribution in [0.4, 0.5) is 0 Å². The summed E-state index contributed by atoms with van der Waals surface area (Å²) < 4.78 is 0. The summed E-state index contributed by atoms with van der Waals surface area (Å²) in [6, 6.07) is 0. The number of carboxylic acid groups (broad SMARTS) is 1. The predicted molar refractivity (Wildman–Crippen MR) is 42.8 cm³/mol. The second-order valence-corrected chi connectivity index (χ2v) is 2.61. The summed E-state index contributed by atoms with van der Waals surface area (Å²) in [6.07, 6.45) is 0. The van der Waals surface area contributed by atoms with Gasteiger partial charge < -0.3 is 10.4 Å². The zero-order valence-corrected chi connectivity index (χ0v) is 7.39. The van der Waals surface area contributed by atoms with Gasteiger partial charge in [0.25, 0.3) is 0 Å². The van der Waals surface area contributed by atoms with E-state index in [-0.39, 0.29) is 6.54 Å². The summed E-state index contributed by atoms with van der Waals surface area (Å²) in [5.41, 5.74) is 0. The van der Waals surface area contributed by atoms with Gasteiger partial charge >= 0.3 is 5.97 Å². The first-order valence-corrected chi connectivity index (χ1v) is 3.84. The van der Waals surface area contributed by atoms with Crippen molar-refractivity contribution in [1.29, 1.82) is 0 Å². The van der Waals surface area contributed by atoms with Crippen molar-refractivity contribution in [2.24, 2.45) is 5.92 Å². The summed E-state index contributed by atoms with van der Waals surface area (Å²) in [4.78, 5) is 21.5. The molecule has 0 aliphatic carbocycles. The number of carboxylic acids is 1. The molecule has 1 unspecified atom stereocenters. The lowest BCUT2D eigenvalue weighted by atomic mass is 10.2. The average molecular weight is 199 g/mol. The van der Waals surface area contributed by atoms with Crippen molar-refractivity contribution >= 4 is 11.9 Å². The number of carbonyl (C=O) groups is 2. The van der Waals surface area contributed by atoms with E-state index in [1.54, 1.807) is 0 Å². The molecule has 0 aromatic carbocycles. The molecule has 0 saturated carbocycles. The molecule has 8 nitrogen and oxygen atoms in total. The molecule has 1 amide bonds. The van der Waals surface area contributed by atoms with Gasteiger partial charge in [0.2, 0.25) is 5.91 Å². The number of carbonyl (C=O) groups excluding carboxylic acids is 1. The van der Waals surface area contributed by atoms with Crippen LogP contribution in [0.15, 0.2) is 0 Å². The van der Waals surface area contributed by atoms with Gasteiger partial charge in [0, 0.05) is 0 Å². The highest BCUT2D eigenvalue weighted by Gasteiger charge is 2.20. The number of aromatic nitrogens is 4. The number of nitrogens with zero attached hydrogens (tertiary/aromatic N) is 3. The van der Waals surface area contributed by atoms with Crippen molar-refractivity contribution < 1.29 is 14.7 Å². The molecule has 0 bridgehead atoms. The van der Waals surface area contributed by atoms with Gasteiger partial charge in [0.1, 0.15) is 5.92 Å². The second kappa shape index (κ2) is 4.30. The zero-order chi connectivity index (χ0) is 10.6. The van der Waals surface area contributed by atoms with E-state index in [1.165, 1.54) is 6.92 Å². The fourth-order valence-electron chi connectivity index (χ4n) is 0.689. The minimum absolute atomic E-state index is 0.0625. The van der Waals surface area contributed by atoms with Crippen LogP contribution in [0.5, 0.6) is 0 Å². The first kappa shape index (κ1) is 10.1. The lowest BCUT2D eigenvalue weighted by molar-refractivity contribution is -0.146. The van der Waals surface area contributed by atoms with Crippen LogP contribution in [-0.2, 0) is 16.1 Å². The molecule has 0 fully saturated rings. The summed E-state index contributed by atoms with van der Waals surface area (Å²) in [7, 11) is 0. The van der Waals surface area contributed by atoms with Crippen LogP contribution >= 0.6 is 0 Å². The molecule has 14 heavy (non-hydrogen) atoms. The summed E-state index contributed by atoms with van der Waals surface area (Å²) in [5.74, 6) is -2.53. The molecule has 0 aliphatic heterocycles. The Morgan fingerprint density at radius 2 is 2.36 bits per heavy atom. The van der Waals surface area contributed by atoms with E-state index in [4.69, 9.17) is 5.11 Å². The number of H-pyrrole nitrogens is 1. The third-order valence-corrected chi connectivity index (χ3v) is 1.57. The zero-order valence-electron chi connectivity index (χ0n) is 7.39. The number of rotatable bonds is 4. The standard InChI is InChI=1S/C6H9N5O3/c1-3(6(13)14)5(12)7-2-4-8-10-11-9-4/h3H,2H2,1H3,(H,7,12)(H,13,14)(H,8,9,10,11). The van der Waals surface area contributed by atoms with E-state index in [2.05, 4.69) is 25.9 Å². The Labute approximate surface area is 78.7 Å². The van der Waals surface area contributed by atoms with Gasteiger partial charge in [-0.1, -0.05) is 5.21 Å². The van der Waals surface area contributed by atoms with Crippen LogP contribution in [0.3, 0.4) is 0 Å². The van der Waals surface area contributed by atoms with Crippen LogP contribution in [0, 0.1) is 5.92 Å². The van der Waals surface area contributed by atoms with Crippen LogP contribution in [0.25, 0.3) is 0 Å². The average Bonchev–Trinajstić information content (AvgIpc) is 2.65. The Balaban J connectivity index is 2.39. The Hall–Kier alpha value is -1.99. The maximum absolute atomic E-state index is 11.1. The number of hydrogen-bond donors (Lipinski definition) is 3. The largest absolute Gasteiger partial charge is 0.481 e. The maximum Gasteiger partial charge on any atom is 0.315 e. The van der Waals surface area contributed by atoms with Crippen LogP contribution in [0.2, 0.25) is 0 Å². The molecular weight excluding hydrogens is 190 g/mol. The number of aromatic amines is 1. The molecule has 8 heteroatoms. The van der Waals surface area contributed by atoms with Crippen molar-refractivity contribution in [2.45, 2.75) is 13.5 Å². The van der Waals surface area contributed by atoms with Crippen molar-refractivity contribution in [3.63, 3.8) is 0 Å². The molecule has 0 radical (unpaired) electrons. The fraction of sp³-hybridized carbons (Fsp3) is 0.500. The van der Waals surface area contributed by atoms with E-state index in [0.29, 0.717) is 5.82 Å². The molecule has 1 atom stereocenters. The van der Waals surface area contributed by atoms with Gasteiger partial charge in [-0.2, -0.15) is 5.21 Å². The van der Waals surface area contributed by atoms with Crippen LogP contribution < -0.4 is 5.32 Å². The molecule has 1 heterocycles. The Morgan fingerprint density at radius 3 is 2.86 bits per heavy atom. The molecule has 0 saturated heterocycles. The third kappa shape index (κ3) is 2.51. The van der Waals surface area contributed by atoms with Crippen molar-refractivity contribution in [2.75, 3.05) is 0 Å². The summed E-state index contributed by atoms with van der Waals surface area (Å²) >= 11 is 0. The van der Waals surface area contributed by atoms with E-state index in [1.807, 2.05) is 0 Å². The van der Waals surface area contributed by atoms with Gasteiger partial charge in [0.15, 0.2) is 5.82 Å². The molecule has 0 aliphatic rings. The quantitative estimate of drug-likeness (QED) is 0.509. The number of hydrogen-bond acceptors (Lipinski definition) is 5. The first-order chi connectivity index (χ1) is 6.61. The van der Waals surface area contributed by atoms with Gasteiger partial charge in [-0.15, -0.1) is 10.2 Å². The van der Waals surface area contributed by atoms with E-state index in [0.717, 1.165) is 0 Å². The summed E-state index contributed by atoms with van der Waals surface area (Å²) in [6.45, 7) is 1.36. The number of tetrazole rings is 1. The van der Waals surface area contributed by atoms with Gasteiger partial charge in [-0.3, -0.25) is 9.59 Å². The van der Waals surface area contributed by atoms with Crippen molar-refractivity contribution in [3.8, 4) is 0 Å². The highest BCUT2D eigenvalue weighted by Crippen LogP contribution is 1.94. The molecule has 1 aromatic rings. The normalized spacial score (nSPS) is 12.1. The van der Waals surface area contributed by atoms with Crippen molar-refractivity contribution in [1.82, 2.24) is 25.9 Å². The van der Waals surface area contributed by atoms with E-state index < -0.39 is 17.8 Å². The predicted octanol–water partition coefficient (Wildman–Crippen LogP) is -1.46. The Morgan fingerprint density at radius 1 is 1.64 bits per heavy atom. The first-order valence-electron chi connectivity index (χ1n) is 3.84. The topological polar surface area (TPSA) is 121 Å². The smallest absolute Gasteiger partial charge is 0.315 e. The van der Waals surface area contributed by atoms with E-state index in [9.17, 15) is 9.59 Å². The monoisotopic (exact) mass is 199 g/mol. The Bertz CT molecular complexity index is 322. The third-order valence-electron chi connectivity index (χ3n) is 1.57. The molecule has 76 valence electrons.